The van der Waals surface area contributed by atoms with Crippen molar-refractivity contribution in [3.63, 3.8) is 0 Å². The monoisotopic (exact) mass is 438 g/mol. The zero-order valence-corrected chi connectivity index (χ0v) is 17.4. The smallest absolute Gasteiger partial charge is 0.414 e. The van der Waals surface area contributed by atoms with Gasteiger partial charge in [0.15, 0.2) is 0 Å². The molecule has 0 aromatic heterocycles. The Bertz CT molecular complexity index is 915. The number of carbonyl (C=O) groups is 2. The first-order valence-corrected chi connectivity index (χ1v) is 11.4. The average molecular weight is 439 g/mol. The number of anilines is 1. The molecule has 2 N–H and O–H groups in total. The van der Waals surface area contributed by atoms with Crippen molar-refractivity contribution in [3.8, 4) is 0 Å². The lowest BCUT2D eigenvalue weighted by Crippen LogP contribution is -2.50. The number of aliphatic carboxylic acids is 2. The van der Waals surface area contributed by atoms with Crippen LogP contribution in [0.1, 0.15) is 25.7 Å². The third-order valence-electron chi connectivity index (χ3n) is 5.23. The maximum atomic E-state index is 12.8. The number of carboxylic acid groups (broad SMARTS) is 2. The molecule has 1 fully saturated rings. The fourth-order valence-corrected chi connectivity index (χ4v) is 5.47. The zero-order chi connectivity index (χ0) is 21.7. The Morgan fingerprint density at radius 3 is 2.30 bits per heavy atom. The number of para-hydroxylation sites is 1. The fourth-order valence-electron chi connectivity index (χ4n) is 3.85. The van der Waals surface area contributed by atoms with Crippen LogP contribution in [0.2, 0.25) is 0 Å². The molecule has 1 aromatic carbocycles. The normalized spacial score (nSPS) is 19.8. The Balaban J connectivity index is 0.000000377. The van der Waals surface area contributed by atoms with Crippen molar-refractivity contribution in [1.82, 2.24) is 9.21 Å². The molecule has 0 radical (unpaired) electrons. The van der Waals surface area contributed by atoms with E-state index in [1.165, 1.54) is 36.7 Å². The van der Waals surface area contributed by atoms with E-state index in [1.807, 2.05) is 12.1 Å². The molecule has 0 atom stereocenters. The minimum Gasteiger partial charge on any atom is -0.473 e. The van der Waals surface area contributed by atoms with Crippen LogP contribution in [0.25, 0.3) is 0 Å². The van der Waals surface area contributed by atoms with Gasteiger partial charge in [0.2, 0.25) is 5.96 Å². The highest BCUT2D eigenvalue weighted by Crippen LogP contribution is 2.35. The molecule has 1 saturated heterocycles. The second-order valence-corrected chi connectivity index (χ2v) is 9.08. The third-order valence-corrected chi connectivity index (χ3v) is 7.06. The largest absolute Gasteiger partial charge is 0.473 e. The molecule has 164 valence electrons. The highest BCUT2D eigenvalue weighted by molar-refractivity contribution is 7.90. The molecule has 0 unspecified atom stereocenters. The first kappa shape index (κ1) is 22.0. The summed E-state index contributed by atoms with van der Waals surface area (Å²) in [6.45, 7) is 5.26. The molecule has 0 bridgehead atoms. The van der Waals surface area contributed by atoms with Crippen LogP contribution in [-0.2, 0) is 19.6 Å². The van der Waals surface area contributed by atoms with Gasteiger partial charge >= 0.3 is 11.9 Å². The van der Waals surface area contributed by atoms with Gasteiger partial charge in [-0.05, 0) is 51.0 Å². The molecule has 0 spiro atoms. The third kappa shape index (κ3) is 4.73. The SMILES string of the molecule is O=C(O)C(=O)O.O=S1(=O)c2ccccc2N(CCCN2CCCCC2)C2=NCCN21. The summed E-state index contributed by atoms with van der Waals surface area (Å²) in [5, 5.41) is 14.8. The number of fused-ring (bicyclic) bond motifs is 2. The minimum atomic E-state index is -3.45. The summed E-state index contributed by atoms with van der Waals surface area (Å²) in [4.78, 5) is 27.7. The Morgan fingerprint density at radius 2 is 1.63 bits per heavy atom. The lowest BCUT2D eigenvalue weighted by Gasteiger charge is -2.37. The van der Waals surface area contributed by atoms with Crippen LogP contribution in [0.15, 0.2) is 34.2 Å². The van der Waals surface area contributed by atoms with Crippen LogP contribution >= 0.6 is 0 Å². The minimum absolute atomic E-state index is 0.406. The van der Waals surface area contributed by atoms with Crippen LogP contribution in [0, 0.1) is 0 Å². The number of sulfonamides is 1. The second kappa shape index (κ2) is 9.43. The van der Waals surface area contributed by atoms with Gasteiger partial charge in [0.05, 0.1) is 18.8 Å². The van der Waals surface area contributed by atoms with Crippen LogP contribution in [0.5, 0.6) is 0 Å². The van der Waals surface area contributed by atoms with Crippen LogP contribution < -0.4 is 4.90 Å². The maximum absolute atomic E-state index is 12.8. The molecule has 11 heteroatoms. The van der Waals surface area contributed by atoms with Gasteiger partial charge < -0.3 is 20.0 Å². The number of hydrogen-bond donors (Lipinski definition) is 2. The standard InChI is InChI=1S/C17H24N4O2S.C2H2O4/c22-24(23)16-8-3-2-7-15(16)20(17-18-9-14-21(17)24)13-6-12-19-10-4-1-5-11-19;3-1(4)2(5)6/h2-3,7-8H,1,4-6,9-14H2;(H,3,4)(H,5,6). The summed E-state index contributed by atoms with van der Waals surface area (Å²) in [5.74, 6) is -3.04. The Hall–Kier alpha value is -2.66. The molecule has 0 amide bonds. The number of nitrogens with zero attached hydrogens (tertiary/aromatic N) is 4. The highest BCUT2D eigenvalue weighted by atomic mass is 32.2. The molecule has 4 rings (SSSR count). The van der Waals surface area contributed by atoms with E-state index >= 15 is 0 Å². The highest BCUT2D eigenvalue weighted by Gasteiger charge is 2.41. The van der Waals surface area contributed by atoms with Crippen molar-refractivity contribution in [3.05, 3.63) is 24.3 Å². The van der Waals surface area contributed by atoms with E-state index in [2.05, 4.69) is 14.8 Å². The van der Waals surface area contributed by atoms with Gasteiger partial charge in [-0.3, -0.25) is 0 Å². The summed E-state index contributed by atoms with van der Waals surface area (Å²) in [6, 6.07) is 7.29. The van der Waals surface area contributed by atoms with Crippen molar-refractivity contribution in [2.24, 2.45) is 4.99 Å². The van der Waals surface area contributed by atoms with Crippen LogP contribution in [0.4, 0.5) is 5.69 Å². The molecular formula is C19H26N4O6S. The lowest BCUT2D eigenvalue weighted by molar-refractivity contribution is -0.159. The number of piperidine rings is 1. The van der Waals surface area contributed by atoms with Crippen LogP contribution in [-0.4, -0.2) is 85.0 Å². The first-order chi connectivity index (χ1) is 14.3. The summed E-state index contributed by atoms with van der Waals surface area (Å²) < 4.78 is 27.0. The number of benzene rings is 1. The fraction of sp³-hybridized carbons (Fsp3) is 0.526. The lowest BCUT2D eigenvalue weighted by atomic mass is 10.1. The van der Waals surface area contributed by atoms with E-state index in [1.54, 1.807) is 12.1 Å². The van der Waals surface area contributed by atoms with Gasteiger partial charge in [0.1, 0.15) is 4.90 Å². The Morgan fingerprint density at radius 1 is 0.967 bits per heavy atom. The maximum Gasteiger partial charge on any atom is 0.414 e. The molecule has 3 heterocycles. The van der Waals surface area contributed by atoms with Crippen molar-refractivity contribution in [2.75, 3.05) is 44.2 Å². The average Bonchev–Trinajstić information content (AvgIpc) is 3.23. The molecule has 0 saturated carbocycles. The quantitative estimate of drug-likeness (QED) is 0.663. The van der Waals surface area contributed by atoms with Crippen LogP contribution in [0.3, 0.4) is 0 Å². The zero-order valence-electron chi connectivity index (χ0n) is 16.6. The van der Waals surface area contributed by atoms with E-state index in [4.69, 9.17) is 19.8 Å². The number of carboxylic acids is 2. The number of hydrogen-bond acceptors (Lipinski definition) is 7. The second-order valence-electron chi connectivity index (χ2n) is 7.24. The molecule has 3 aliphatic heterocycles. The first-order valence-electron chi connectivity index (χ1n) is 9.94. The molecular weight excluding hydrogens is 412 g/mol. The van der Waals surface area contributed by atoms with E-state index in [-0.39, 0.29) is 0 Å². The Labute approximate surface area is 175 Å². The van der Waals surface area contributed by atoms with E-state index < -0.39 is 22.0 Å². The number of aliphatic imine (C=N–C) groups is 1. The van der Waals surface area contributed by atoms with Crippen molar-refractivity contribution in [1.29, 1.82) is 0 Å². The van der Waals surface area contributed by atoms with E-state index in [9.17, 15) is 8.42 Å². The summed E-state index contributed by atoms with van der Waals surface area (Å²) in [7, 11) is -3.45. The molecule has 10 nitrogen and oxygen atoms in total. The number of guanidine groups is 1. The molecule has 1 aromatic rings. The van der Waals surface area contributed by atoms with Gasteiger partial charge in [-0.1, -0.05) is 18.6 Å². The topological polar surface area (TPSA) is 131 Å². The Kier molecular flexibility index (Phi) is 6.93. The van der Waals surface area contributed by atoms with E-state index in [0.29, 0.717) is 23.9 Å². The number of likely N-dealkylation sites (tertiary alicyclic amines) is 1. The van der Waals surface area contributed by atoms with Gasteiger partial charge in [-0.2, -0.15) is 0 Å². The van der Waals surface area contributed by atoms with Gasteiger partial charge in [-0.15, -0.1) is 0 Å². The predicted molar refractivity (Wildman–Crippen MR) is 110 cm³/mol. The van der Waals surface area contributed by atoms with Crippen molar-refractivity contribution in [2.45, 2.75) is 30.6 Å². The predicted octanol–water partition coefficient (Wildman–Crippen LogP) is 0.899. The summed E-state index contributed by atoms with van der Waals surface area (Å²) in [6.07, 6.45) is 4.96. The van der Waals surface area contributed by atoms with Crippen molar-refractivity contribution < 1.29 is 28.2 Å². The van der Waals surface area contributed by atoms with Gasteiger partial charge in [-0.25, -0.2) is 27.3 Å². The molecule has 3 aliphatic rings. The summed E-state index contributed by atoms with van der Waals surface area (Å²) in [5.41, 5.74) is 0.771. The van der Waals surface area contributed by atoms with Gasteiger partial charge in [0.25, 0.3) is 10.0 Å². The molecule has 0 aliphatic carbocycles. The van der Waals surface area contributed by atoms with Gasteiger partial charge in [0, 0.05) is 6.54 Å². The molecule has 30 heavy (non-hydrogen) atoms. The van der Waals surface area contributed by atoms with E-state index in [0.717, 1.165) is 25.2 Å². The summed E-state index contributed by atoms with van der Waals surface area (Å²) >= 11 is 0. The number of rotatable bonds is 4. The van der Waals surface area contributed by atoms with Crippen molar-refractivity contribution >= 4 is 33.6 Å².